The van der Waals surface area contributed by atoms with Gasteiger partial charge in [-0.2, -0.15) is 0 Å². The Hall–Kier alpha value is -0.340. The molecule has 1 aliphatic rings. The summed E-state index contributed by atoms with van der Waals surface area (Å²) in [5.74, 6) is 0.904. The summed E-state index contributed by atoms with van der Waals surface area (Å²) in [5, 5.41) is 0. The molecule has 1 saturated heterocycles. The summed E-state index contributed by atoms with van der Waals surface area (Å²) in [5.41, 5.74) is 1.44. The van der Waals surface area contributed by atoms with Gasteiger partial charge in [0.05, 0.1) is 0 Å². The molecule has 1 aliphatic heterocycles. The monoisotopic (exact) mass is 238 g/mol. The molecular formula is C15H30N2. The Morgan fingerprint density at radius 1 is 1.35 bits per heavy atom. The largest absolute Gasteiger partial charge is 0.303 e. The van der Waals surface area contributed by atoms with Crippen LogP contribution in [-0.4, -0.2) is 49.1 Å². The van der Waals surface area contributed by atoms with E-state index < -0.39 is 0 Å². The summed E-state index contributed by atoms with van der Waals surface area (Å²) in [6, 6.07) is 0. The summed E-state index contributed by atoms with van der Waals surface area (Å²) in [7, 11) is 0. The van der Waals surface area contributed by atoms with Gasteiger partial charge >= 0.3 is 0 Å². The second-order valence-electron chi connectivity index (χ2n) is 5.51. The van der Waals surface area contributed by atoms with Gasteiger partial charge in [0, 0.05) is 19.6 Å². The number of nitrogens with zero attached hydrogens (tertiary/aromatic N) is 2. The SMILES string of the molecule is CCN(CCC=C(C)C)CC1CCN(CC)C1. The Balaban J connectivity index is 2.25. The van der Waals surface area contributed by atoms with Crippen molar-refractivity contribution in [2.24, 2.45) is 5.92 Å². The Morgan fingerprint density at radius 3 is 2.65 bits per heavy atom. The van der Waals surface area contributed by atoms with Crippen LogP contribution in [0.4, 0.5) is 0 Å². The fourth-order valence-electron chi connectivity index (χ4n) is 2.63. The van der Waals surface area contributed by atoms with Crippen LogP contribution in [0.2, 0.25) is 0 Å². The number of likely N-dealkylation sites (tertiary alicyclic amines) is 1. The molecule has 1 unspecified atom stereocenters. The van der Waals surface area contributed by atoms with Gasteiger partial charge in [-0.25, -0.2) is 0 Å². The molecule has 1 atom stereocenters. The minimum Gasteiger partial charge on any atom is -0.303 e. The van der Waals surface area contributed by atoms with Crippen molar-refractivity contribution < 1.29 is 0 Å². The van der Waals surface area contributed by atoms with Gasteiger partial charge < -0.3 is 9.80 Å². The van der Waals surface area contributed by atoms with E-state index >= 15 is 0 Å². The van der Waals surface area contributed by atoms with Crippen LogP contribution >= 0.6 is 0 Å². The van der Waals surface area contributed by atoms with Crippen molar-refractivity contribution in [3.05, 3.63) is 11.6 Å². The van der Waals surface area contributed by atoms with Gasteiger partial charge in [0.1, 0.15) is 0 Å². The fraction of sp³-hybridized carbons (Fsp3) is 0.867. The molecule has 0 aromatic carbocycles. The highest BCUT2D eigenvalue weighted by atomic mass is 15.2. The molecule has 0 aromatic heterocycles. The van der Waals surface area contributed by atoms with E-state index in [1.165, 1.54) is 57.7 Å². The van der Waals surface area contributed by atoms with Crippen molar-refractivity contribution in [2.75, 3.05) is 39.3 Å². The molecule has 100 valence electrons. The average Bonchev–Trinajstić information content (AvgIpc) is 2.75. The summed E-state index contributed by atoms with van der Waals surface area (Å²) in [6.45, 7) is 16.5. The third-order valence-corrected chi connectivity index (χ3v) is 3.78. The van der Waals surface area contributed by atoms with E-state index in [4.69, 9.17) is 0 Å². The van der Waals surface area contributed by atoms with Crippen LogP contribution in [0.3, 0.4) is 0 Å². The first-order valence-corrected chi connectivity index (χ1v) is 7.23. The Morgan fingerprint density at radius 2 is 2.12 bits per heavy atom. The second kappa shape index (κ2) is 7.88. The summed E-state index contributed by atoms with van der Waals surface area (Å²) in [4.78, 5) is 5.19. The van der Waals surface area contributed by atoms with Gasteiger partial charge in [0.2, 0.25) is 0 Å². The molecule has 0 N–H and O–H groups in total. The Labute approximate surface area is 108 Å². The van der Waals surface area contributed by atoms with Crippen LogP contribution < -0.4 is 0 Å². The second-order valence-corrected chi connectivity index (χ2v) is 5.51. The highest BCUT2D eigenvalue weighted by Crippen LogP contribution is 2.17. The van der Waals surface area contributed by atoms with Gasteiger partial charge in [-0.1, -0.05) is 25.5 Å². The first-order valence-electron chi connectivity index (χ1n) is 7.23. The zero-order valence-electron chi connectivity index (χ0n) is 12.2. The molecule has 2 heteroatoms. The molecule has 0 aromatic rings. The van der Waals surface area contributed by atoms with E-state index in [1.807, 2.05) is 0 Å². The molecule has 0 saturated carbocycles. The number of rotatable bonds is 7. The number of allylic oxidation sites excluding steroid dienone is 1. The van der Waals surface area contributed by atoms with Gasteiger partial charge in [0.25, 0.3) is 0 Å². The predicted octanol–water partition coefficient (Wildman–Crippen LogP) is 3.01. The maximum absolute atomic E-state index is 2.61. The summed E-state index contributed by atoms with van der Waals surface area (Å²) in [6.07, 6.45) is 4.96. The van der Waals surface area contributed by atoms with Crippen LogP contribution in [0.5, 0.6) is 0 Å². The van der Waals surface area contributed by atoms with Crippen molar-refractivity contribution in [2.45, 2.75) is 40.5 Å². The van der Waals surface area contributed by atoms with E-state index in [1.54, 1.807) is 0 Å². The van der Waals surface area contributed by atoms with E-state index in [0.29, 0.717) is 0 Å². The van der Waals surface area contributed by atoms with Gasteiger partial charge in [0.15, 0.2) is 0 Å². The number of hydrogen-bond donors (Lipinski definition) is 0. The molecule has 0 radical (unpaired) electrons. The maximum atomic E-state index is 2.61. The molecule has 0 aliphatic carbocycles. The zero-order valence-corrected chi connectivity index (χ0v) is 12.2. The van der Waals surface area contributed by atoms with E-state index in [9.17, 15) is 0 Å². The van der Waals surface area contributed by atoms with Crippen molar-refractivity contribution in [1.82, 2.24) is 9.80 Å². The smallest absolute Gasteiger partial charge is 0.00224 e. The molecule has 1 fully saturated rings. The topological polar surface area (TPSA) is 6.48 Å². The predicted molar refractivity (Wildman–Crippen MR) is 76.4 cm³/mol. The molecule has 17 heavy (non-hydrogen) atoms. The lowest BCUT2D eigenvalue weighted by Crippen LogP contribution is -2.31. The standard InChI is InChI=1S/C15H30N2/c1-5-16(10-7-8-14(3)4)12-15-9-11-17(6-2)13-15/h8,15H,5-7,9-13H2,1-4H3. The van der Waals surface area contributed by atoms with Gasteiger partial charge in [-0.05, 0) is 52.2 Å². The van der Waals surface area contributed by atoms with E-state index in [-0.39, 0.29) is 0 Å². The van der Waals surface area contributed by atoms with Crippen LogP contribution in [0.1, 0.15) is 40.5 Å². The molecule has 0 amide bonds. The van der Waals surface area contributed by atoms with E-state index in [0.717, 1.165) is 5.92 Å². The molecule has 0 bridgehead atoms. The van der Waals surface area contributed by atoms with Crippen LogP contribution in [0.15, 0.2) is 11.6 Å². The van der Waals surface area contributed by atoms with E-state index in [2.05, 4.69) is 43.6 Å². The third-order valence-electron chi connectivity index (χ3n) is 3.78. The zero-order chi connectivity index (χ0) is 12.7. The summed E-state index contributed by atoms with van der Waals surface area (Å²) < 4.78 is 0. The van der Waals surface area contributed by atoms with Crippen molar-refractivity contribution >= 4 is 0 Å². The minimum absolute atomic E-state index is 0.904. The highest BCUT2D eigenvalue weighted by Gasteiger charge is 2.22. The first-order chi connectivity index (χ1) is 8.15. The Kier molecular flexibility index (Phi) is 6.83. The van der Waals surface area contributed by atoms with Gasteiger partial charge in [-0.3, -0.25) is 0 Å². The molecule has 2 nitrogen and oxygen atoms in total. The third kappa shape index (κ3) is 5.69. The maximum Gasteiger partial charge on any atom is 0.00224 e. The Bertz CT molecular complexity index is 231. The van der Waals surface area contributed by atoms with Crippen molar-refractivity contribution in [1.29, 1.82) is 0 Å². The summed E-state index contributed by atoms with van der Waals surface area (Å²) >= 11 is 0. The quantitative estimate of drug-likeness (QED) is 0.629. The van der Waals surface area contributed by atoms with Crippen LogP contribution in [0.25, 0.3) is 0 Å². The van der Waals surface area contributed by atoms with Crippen LogP contribution in [-0.2, 0) is 0 Å². The van der Waals surface area contributed by atoms with Crippen molar-refractivity contribution in [3.8, 4) is 0 Å². The molecular weight excluding hydrogens is 208 g/mol. The number of hydrogen-bond acceptors (Lipinski definition) is 2. The molecule has 1 heterocycles. The fourth-order valence-corrected chi connectivity index (χ4v) is 2.63. The minimum atomic E-state index is 0.904. The lowest BCUT2D eigenvalue weighted by Gasteiger charge is -2.23. The highest BCUT2D eigenvalue weighted by molar-refractivity contribution is 4.93. The lowest BCUT2D eigenvalue weighted by atomic mass is 10.1. The van der Waals surface area contributed by atoms with Crippen molar-refractivity contribution in [3.63, 3.8) is 0 Å². The van der Waals surface area contributed by atoms with Gasteiger partial charge in [-0.15, -0.1) is 0 Å². The lowest BCUT2D eigenvalue weighted by molar-refractivity contribution is 0.240. The first kappa shape index (κ1) is 14.7. The normalized spacial score (nSPS) is 21.1. The molecule has 0 spiro atoms. The average molecular weight is 238 g/mol. The molecule has 1 rings (SSSR count). The van der Waals surface area contributed by atoms with Crippen LogP contribution in [0, 0.1) is 5.92 Å².